The molecule has 16 heavy (non-hydrogen) atoms. The van der Waals surface area contributed by atoms with Crippen LogP contribution in [0.2, 0.25) is 0 Å². The molecule has 1 saturated heterocycles. The van der Waals surface area contributed by atoms with Crippen LogP contribution in [0.1, 0.15) is 35.1 Å². The van der Waals surface area contributed by atoms with Crippen molar-refractivity contribution in [2.75, 3.05) is 13.2 Å². The lowest BCUT2D eigenvalue weighted by Gasteiger charge is -2.09. The largest absolute Gasteiger partial charge is 0.346 e. The molecule has 0 unspecified atom stereocenters. The van der Waals surface area contributed by atoms with E-state index in [1.807, 2.05) is 24.3 Å². The van der Waals surface area contributed by atoms with Gasteiger partial charge in [0.1, 0.15) is 0 Å². The zero-order valence-electron chi connectivity index (χ0n) is 9.02. The highest BCUT2D eigenvalue weighted by molar-refractivity contribution is 5.99. The highest BCUT2D eigenvalue weighted by atomic mass is 16.7. The molecule has 1 heterocycles. The van der Waals surface area contributed by atoms with Crippen LogP contribution in [0.5, 0.6) is 0 Å². The predicted octanol–water partition coefficient (Wildman–Crippen LogP) is 2.32. The molecule has 2 aliphatic rings. The molecular formula is C13H14O3. The summed E-state index contributed by atoms with van der Waals surface area (Å²) in [5.41, 5.74) is 1.80. The van der Waals surface area contributed by atoms with Gasteiger partial charge in [-0.3, -0.25) is 4.79 Å². The van der Waals surface area contributed by atoms with Crippen molar-refractivity contribution in [1.82, 2.24) is 0 Å². The minimum atomic E-state index is -0.245. The Morgan fingerprint density at radius 1 is 1.06 bits per heavy atom. The summed E-state index contributed by atoms with van der Waals surface area (Å²) in [6, 6.07) is 7.60. The first-order valence-corrected chi connectivity index (χ1v) is 5.72. The summed E-state index contributed by atoms with van der Waals surface area (Å²) in [6.07, 6.45) is 1.86. The monoisotopic (exact) mass is 218 g/mol. The van der Waals surface area contributed by atoms with Crippen molar-refractivity contribution in [3.63, 3.8) is 0 Å². The van der Waals surface area contributed by atoms with Gasteiger partial charge in [0.05, 0.1) is 13.2 Å². The number of Topliss-reactive ketones (excluding diaryl/α,β-unsaturated/α-hetero) is 1. The van der Waals surface area contributed by atoms with Gasteiger partial charge in [0, 0.05) is 17.0 Å². The number of carbonyl (C=O) groups is 1. The molecule has 0 atom stereocenters. The van der Waals surface area contributed by atoms with E-state index in [1.165, 1.54) is 0 Å². The number of ether oxygens (including phenoxy) is 2. The van der Waals surface area contributed by atoms with E-state index >= 15 is 0 Å². The zero-order chi connectivity index (χ0) is 11.0. The van der Waals surface area contributed by atoms with Crippen molar-refractivity contribution in [2.24, 2.45) is 5.92 Å². The van der Waals surface area contributed by atoms with E-state index in [1.54, 1.807) is 0 Å². The average Bonchev–Trinajstić information content (AvgIpc) is 3.04. The van der Waals surface area contributed by atoms with Crippen LogP contribution in [0.3, 0.4) is 0 Å². The van der Waals surface area contributed by atoms with Gasteiger partial charge in [0.15, 0.2) is 12.1 Å². The molecule has 0 radical (unpaired) electrons. The van der Waals surface area contributed by atoms with E-state index in [2.05, 4.69) is 0 Å². The molecule has 0 aromatic heterocycles. The Balaban J connectivity index is 1.75. The normalized spacial score (nSPS) is 21.2. The first-order valence-electron chi connectivity index (χ1n) is 5.72. The van der Waals surface area contributed by atoms with Gasteiger partial charge in [-0.2, -0.15) is 0 Å². The van der Waals surface area contributed by atoms with Gasteiger partial charge < -0.3 is 9.47 Å². The van der Waals surface area contributed by atoms with E-state index in [4.69, 9.17) is 9.47 Å². The fourth-order valence-corrected chi connectivity index (χ4v) is 1.94. The highest BCUT2D eigenvalue weighted by Crippen LogP contribution is 2.33. The van der Waals surface area contributed by atoms with E-state index in [9.17, 15) is 4.79 Å². The molecule has 0 amide bonds. The second-order valence-corrected chi connectivity index (χ2v) is 4.33. The molecule has 0 spiro atoms. The summed E-state index contributed by atoms with van der Waals surface area (Å²) in [6.45, 7) is 1.29. The quantitative estimate of drug-likeness (QED) is 0.730. The number of rotatable bonds is 3. The molecule has 0 bridgehead atoms. The zero-order valence-corrected chi connectivity index (χ0v) is 9.02. The van der Waals surface area contributed by atoms with Crippen molar-refractivity contribution < 1.29 is 14.3 Å². The Morgan fingerprint density at radius 2 is 1.69 bits per heavy atom. The van der Waals surface area contributed by atoms with Crippen molar-refractivity contribution in [3.8, 4) is 0 Å². The molecule has 1 aromatic carbocycles. The smallest absolute Gasteiger partial charge is 0.184 e. The number of hydrogen-bond donors (Lipinski definition) is 0. The van der Waals surface area contributed by atoms with Crippen molar-refractivity contribution in [3.05, 3.63) is 35.4 Å². The molecular weight excluding hydrogens is 204 g/mol. The van der Waals surface area contributed by atoms with Crippen molar-refractivity contribution >= 4 is 5.78 Å². The van der Waals surface area contributed by atoms with Crippen LogP contribution < -0.4 is 0 Å². The van der Waals surface area contributed by atoms with E-state index in [-0.39, 0.29) is 18.0 Å². The Hall–Kier alpha value is -1.19. The summed E-state index contributed by atoms with van der Waals surface area (Å²) in [4.78, 5) is 11.8. The average molecular weight is 218 g/mol. The summed E-state index contributed by atoms with van der Waals surface area (Å²) in [5, 5.41) is 0. The van der Waals surface area contributed by atoms with Gasteiger partial charge >= 0.3 is 0 Å². The summed E-state index contributed by atoms with van der Waals surface area (Å²) in [7, 11) is 0. The SMILES string of the molecule is O=C(c1ccc(C2OCCO2)cc1)C1CC1. The Morgan fingerprint density at radius 3 is 2.25 bits per heavy atom. The molecule has 3 nitrogen and oxygen atoms in total. The van der Waals surface area contributed by atoms with Crippen LogP contribution in [0, 0.1) is 5.92 Å². The molecule has 3 heteroatoms. The fourth-order valence-electron chi connectivity index (χ4n) is 1.94. The number of ketones is 1. The standard InChI is InChI=1S/C13H14O3/c14-12(9-1-2-9)10-3-5-11(6-4-10)13-15-7-8-16-13/h3-6,9,13H,1-2,7-8H2. The van der Waals surface area contributed by atoms with Gasteiger partial charge in [0.25, 0.3) is 0 Å². The third kappa shape index (κ3) is 1.88. The summed E-state index contributed by atoms with van der Waals surface area (Å²) >= 11 is 0. The lowest BCUT2D eigenvalue weighted by molar-refractivity contribution is -0.0441. The van der Waals surface area contributed by atoms with Crippen LogP contribution in [0.15, 0.2) is 24.3 Å². The van der Waals surface area contributed by atoms with Crippen LogP contribution in [-0.2, 0) is 9.47 Å². The van der Waals surface area contributed by atoms with Gasteiger partial charge in [0.2, 0.25) is 0 Å². The third-order valence-electron chi connectivity index (χ3n) is 3.04. The summed E-state index contributed by atoms with van der Waals surface area (Å²) < 4.78 is 10.8. The van der Waals surface area contributed by atoms with Crippen molar-refractivity contribution in [2.45, 2.75) is 19.1 Å². The third-order valence-corrected chi connectivity index (χ3v) is 3.04. The van der Waals surface area contributed by atoms with Gasteiger partial charge in [-0.15, -0.1) is 0 Å². The van der Waals surface area contributed by atoms with Gasteiger partial charge in [-0.05, 0) is 12.8 Å². The number of carbonyl (C=O) groups excluding carboxylic acids is 1. The lowest BCUT2D eigenvalue weighted by atomic mass is 10.1. The minimum absolute atomic E-state index is 0.245. The molecule has 1 aliphatic carbocycles. The minimum Gasteiger partial charge on any atom is -0.346 e. The van der Waals surface area contributed by atoms with Crippen LogP contribution in [-0.4, -0.2) is 19.0 Å². The van der Waals surface area contributed by atoms with Crippen molar-refractivity contribution in [1.29, 1.82) is 0 Å². The maximum Gasteiger partial charge on any atom is 0.184 e. The van der Waals surface area contributed by atoms with Crippen LogP contribution in [0.25, 0.3) is 0 Å². The summed E-state index contributed by atoms with van der Waals surface area (Å²) in [5.74, 6) is 0.560. The number of benzene rings is 1. The maximum absolute atomic E-state index is 11.8. The fraction of sp³-hybridized carbons (Fsp3) is 0.462. The Bertz CT molecular complexity index is 386. The van der Waals surface area contributed by atoms with Gasteiger partial charge in [-0.25, -0.2) is 0 Å². The first kappa shape index (κ1) is 10.00. The van der Waals surface area contributed by atoms with E-state index < -0.39 is 0 Å². The van der Waals surface area contributed by atoms with Crippen LogP contribution in [0.4, 0.5) is 0 Å². The second-order valence-electron chi connectivity index (χ2n) is 4.33. The first-order chi connectivity index (χ1) is 7.84. The predicted molar refractivity (Wildman–Crippen MR) is 58.1 cm³/mol. The lowest BCUT2D eigenvalue weighted by Crippen LogP contribution is -2.03. The Labute approximate surface area is 94.4 Å². The molecule has 2 fully saturated rings. The molecule has 0 N–H and O–H groups in total. The molecule has 84 valence electrons. The maximum atomic E-state index is 11.8. The second kappa shape index (κ2) is 4.00. The molecule has 3 rings (SSSR count). The molecule has 1 aliphatic heterocycles. The van der Waals surface area contributed by atoms with E-state index in [0.717, 1.165) is 24.0 Å². The number of hydrogen-bond acceptors (Lipinski definition) is 3. The van der Waals surface area contributed by atoms with Crippen LogP contribution >= 0.6 is 0 Å². The Kier molecular flexibility index (Phi) is 2.50. The molecule has 1 aromatic rings. The van der Waals surface area contributed by atoms with Gasteiger partial charge in [-0.1, -0.05) is 24.3 Å². The molecule has 1 saturated carbocycles. The topological polar surface area (TPSA) is 35.5 Å². The van der Waals surface area contributed by atoms with E-state index in [0.29, 0.717) is 13.2 Å². The highest BCUT2D eigenvalue weighted by Gasteiger charge is 2.30.